The monoisotopic (exact) mass is 329 g/mol. The van der Waals surface area contributed by atoms with E-state index in [-0.39, 0.29) is 5.78 Å². The number of rotatable bonds is 4. The van der Waals surface area contributed by atoms with E-state index in [1.54, 1.807) is 18.2 Å². The average Bonchev–Trinajstić information content (AvgIpc) is 3.06. The molecule has 25 heavy (non-hydrogen) atoms. The zero-order chi connectivity index (χ0) is 17.2. The third-order valence-corrected chi connectivity index (χ3v) is 3.85. The third-order valence-electron chi connectivity index (χ3n) is 3.85. The van der Waals surface area contributed by atoms with Crippen LogP contribution in [0.1, 0.15) is 17.3 Å². The first-order valence-corrected chi connectivity index (χ1v) is 7.94. The molecule has 0 amide bonds. The lowest BCUT2D eigenvalue weighted by atomic mass is 10.1. The second-order valence-electron chi connectivity index (χ2n) is 5.70. The van der Waals surface area contributed by atoms with Crippen LogP contribution in [0.5, 0.6) is 11.5 Å². The molecule has 0 aliphatic heterocycles. The van der Waals surface area contributed by atoms with Crippen molar-refractivity contribution in [2.24, 2.45) is 0 Å². The number of oxazole rings is 1. The molecule has 0 unspecified atom stereocenters. The molecule has 3 aromatic carbocycles. The van der Waals surface area contributed by atoms with Crippen LogP contribution in [0.4, 0.5) is 0 Å². The van der Waals surface area contributed by atoms with Gasteiger partial charge < -0.3 is 9.15 Å². The molecule has 1 heterocycles. The molecule has 4 aromatic rings. The first-order valence-electron chi connectivity index (χ1n) is 7.94. The summed E-state index contributed by atoms with van der Waals surface area (Å²) in [6.45, 7) is 1.53. The van der Waals surface area contributed by atoms with Crippen molar-refractivity contribution in [1.29, 1.82) is 0 Å². The Morgan fingerprint density at radius 3 is 2.52 bits per heavy atom. The molecule has 4 rings (SSSR count). The van der Waals surface area contributed by atoms with Crippen LogP contribution < -0.4 is 4.74 Å². The van der Waals surface area contributed by atoms with Crippen LogP contribution in [0.2, 0.25) is 0 Å². The van der Waals surface area contributed by atoms with Gasteiger partial charge >= 0.3 is 0 Å². The predicted octanol–water partition coefficient (Wildman–Crippen LogP) is 5.49. The Kier molecular flexibility index (Phi) is 3.78. The number of para-hydroxylation sites is 1. The second kappa shape index (κ2) is 6.24. The van der Waals surface area contributed by atoms with Crippen LogP contribution >= 0.6 is 0 Å². The maximum atomic E-state index is 11.5. The molecule has 0 aliphatic carbocycles. The molecule has 0 spiro atoms. The van der Waals surface area contributed by atoms with Crippen molar-refractivity contribution >= 4 is 16.9 Å². The zero-order valence-electron chi connectivity index (χ0n) is 13.6. The van der Waals surface area contributed by atoms with Gasteiger partial charge in [0.2, 0.25) is 5.89 Å². The predicted molar refractivity (Wildman–Crippen MR) is 96.0 cm³/mol. The smallest absolute Gasteiger partial charge is 0.227 e. The molecule has 0 saturated carbocycles. The highest BCUT2D eigenvalue weighted by Gasteiger charge is 2.11. The minimum atomic E-state index is 0.00436. The topological polar surface area (TPSA) is 52.3 Å². The Labute approximate surface area is 144 Å². The normalized spacial score (nSPS) is 10.8. The number of fused-ring (bicyclic) bond motifs is 1. The molecule has 0 saturated heterocycles. The van der Waals surface area contributed by atoms with Crippen molar-refractivity contribution in [3.8, 4) is 23.0 Å². The number of ketones is 1. The fourth-order valence-electron chi connectivity index (χ4n) is 2.59. The molecule has 0 atom stereocenters. The molecule has 0 bridgehead atoms. The lowest BCUT2D eigenvalue weighted by molar-refractivity contribution is 0.101. The van der Waals surface area contributed by atoms with Gasteiger partial charge in [-0.2, -0.15) is 0 Å². The fraction of sp³-hybridized carbons (Fsp3) is 0.0476. The number of Topliss-reactive ketones (excluding diaryl/α,β-unsaturated/α-hetero) is 1. The molecular formula is C21H15NO3. The van der Waals surface area contributed by atoms with E-state index >= 15 is 0 Å². The SMILES string of the molecule is CC(=O)c1ccc2oc(-c3cccc(Oc4ccccc4)c3)nc2c1. The van der Waals surface area contributed by atoms with Gasteiger partial charge in [-0.15, -0.1) is 0 Å². The summed E-state index contributed by atoms with van der Waals surface area (Å²) >= 11 is 0. The zero-order valence-corrected chi connectivity index (χ0v) is 13.6. The van der Waals surface area contributed by atoms with E-state index in [9.17, 15) is 4.79 Å². The van der Waals surface area contributed by atoms with Crippen LogP contribution in [0.3, 0.4) is 0 Å². The van der Waals surface area contributed by atoms with Gasteiger partial charge in [-0.1, -0.05) is 24.3 Å². The van der Waals surface area contributed by atoms with E-state index in [2.05, 4.69) is 4.98 Å². The Hall–Kier alpha value is -3.40. The van der Waals surface area contributed by atoms with Gasteiger partial charge in [0.1, 0.15) is 17.0 Å². The van der Waals surface area contributed by atoms with Crippen molar-refractivity contribution in [3.63, 3.8) is 0 Å². The van der Waals surface area contributed by atoms with Crippen LogP contribution in [-0.4, -0.2) is 10.8 Å². The van der Waals surface area contributed by atoms with Crippen LogP contribution in [0, 0.1) is 0 Å². The van der Waals surface area contributed by atoms with Gasteiger partial charge in [0, 0.05) is 11.1 Å². The van der Waals surface area contributed by atoms with E-state index in [1.807, 2.05) is 54.6 Å². The third kappa shape index (κ3) is 3.15. The van der Waals surface area contributed by atoms with Crippen LogP contribution in [0.25, 0.3) is 22.6 Å². The van der Waals surface area contributed by atoms with Crippen molar-refractivity contribution in [2.45, 2.75) is 6.92 Å². The molecule has 0 N–H and O–H groups in total. The maximum Gasteiger partial charge on any atom is 0.227 e. The largest absolute Gasteiger partial charge is 0.457 e. The van der Waals surface area contributed by atoms with Crippen LogP contribution in [0.15, 0.2) is 77.2 Å². The standard InChI is InChI=1S/C21H15NO3/c1-14(23)15-10-11-20-19(13-15)22-21(25-20)16-6-5-9-18(12-16)24-17-7-3-2-4-8-17/h2-13H,1H3. The number of nitrogens with zero attached hydrogens (tertiary/aromatic N) is 1. The molecule has 4 heteroatoms. The summed E-state index contributed by atoms with van der Waals surface area (Å²) in [5.74, 6) is 1.97. The minimum absolute atomic E-state index is 0.00436. The number of benzene rings is 3. The van der Waals surface area contributed by atoms with Gasteiger partial charge in [-0.05, 0) is 55.5 Å². The van der Waals surface area contributed by atoms with Crippen molar-refractivity contribution < 1.29 is 13.9 Å². The van der Waals surface area contributed by atoms with Gasteiger partial charge in [-0.25, -0.2) is 4.98 Å². The average molecular weight is 329 g/mol. The molecular weight excluding hydrogens is 314 g/mol. The summed E-state index contributed by atoms with van der Waals surface area (Å²) in [5, 5.41) is 0. The van der Waals surface area contributed by atoms with Gasteiger partial charge in [0.05, 0.1) is 0 Å². The van der Waals surface area contributed by atoms with E-state index in [0.29, 0.717) is 28.3 Å². The number of hydrogen-bond donors (Lipinski definition) is 0. The van der Waals surface area contributed by atoms with Crippen LogP contribution in [-0.2, 0) is 0 Å². The lowest BCUT2D eigenvalue weighted by Crippen LogP contribution is -1.90. The summed E-state index contributed by atoms with van der Waals surface area (Å²) in [6.07, 6.45) is 0. The van der Waals surface area contributed by atoms with Gasteiger partial charge in [0.15, 0.2) is 11.4 Å². The van der Waals surface area contributed by atoms with Crippen molar-refractivity contribution in [2.75, 3.05) is 0 Å². The number of ether oxygens (including phenoxy) is 1. The van der Waals surface area contributed by atoms with Crippen molar-refractivity contribution in [1.82, 2.24) is 4.98 Å². The highest BCUT2D eigenvalue weighted by Crippen LogP contribution is 2.29. The summed E-state index contributed by atoms with van der Waals surface area (Å²) in [7, 11) is 0. The molecule has 122 valence electrons. The number of carbonyl (C=O) groups excluding carboxylic acids is 1. The molecule has 1 aromatic heterocycles. The quantitative estimate of drug-likeness (QED) is 0.465. The Morgan fingerprint density at radius 1 is 0.920 bits per heavy atom. The summed E-state index contributed by atoms with van der Waals surface area (Å²) in [6, 6.07) is 22.4. The fourth-order valence-corrected chi connectivity index (χ4v) is 2.59. The number of aromatic nitrogens is 1. The van der Waals surface area contributed by atoms with Crippen molar-refractivity contribution in [3.05, 3.63) is 78.4 Å². The highest BCUT2D eigenvalue weighted by atomic mass is 16.5. The Bertz CT molecular complexity index is 1050. The number of hydrogen-bond acceptors (Lipinski definition) is 4. The molecule has 0 radical (unpaired) electrons. The first-order chi connectivity index (χ1) is 12.2. The second-order valence-corrected chi connectivity index (χ2v) is 5.70. The Balaban J connectivity index is 1.68. The summed E-state index contributed by atoms with van der Waals surface area (Å²) < 4.78 is 11.7. The van der Waals surface area contributed by atoms with E-state index in [1.165, 1.54) is 6.92 Å². The summed E-state index contributed by atoms with van der Waals surface area (Å²) in [4.78, 5) is 16.0. The molecule has 4 nitrogen and oxygen atoms in total. The lowest BCUT2D eigenvalue weighted by Gasteiger charge is -2.06. The Morgan fingerprint density at radius 2 is 1.72 bits per heavy atom. The highest BCUT2D eigenvalue weighted by molar-refractivity contribution is 5.97. The first kappa shape index (κ1) is 15.1. The van der Waals surface area contributed by atoms with E-state index in [4.69, 9.17) is 9.15 Å². The maximum absolute atomic E-state index is 11.5. The van der Waals surface area contributed by atoms with E-state index < -0.39 is 0 Å². The van der Waals surface area contributed by atoms with E-state index in [0.717, 1.165) is 11.3 Å². The number of carbonyl (C=O) groups is 1. The van der Waals surface area contributed by atoms with Gasteiger partial charge in [0.25, 0.3) is 0 Å². The minimum Gasteiger partial charge on any atom is -0.457 e. The molecule has 0 fully saturated rings. The molecule has 0 aliphatic rings. The summed E-state index contributed by atoms with van der Waals surface area (Å²) in [5.41, 5.74) is 2.74. The van der Waals surface area contributed by atoms with Gasteiger partial charge in [-0.3, -0.25) is 4.79 Å².